The van der Waals surface area contributed by atoms with Crippen LogP contribution in [0.25, 0.3) is 0 Å². The number of allylic oxidation sites excluding steroid dienone is 1. The molecule has 4 nitrogen and oxygen atoms in total. The van der Waals surface area contributed by atoms with Gasteiger partial charge in [-0.1, -0.05) is 12.2 Å². The number of carboxylic acids is 1. The Bertz CT molecular complexity index is 422. The van der Waals surface area contributed by atoms with E-state index in [9.17, 15) is 19.5 Å². The number of carboxylic acid groups (broad SMARTS) is 1. The zero-order valence-corrected chi connectivity index (χ0v) is 7.97. The van der Waals surface area contributed by atoms with Gasteiger partial charge in [0.1, 0.15) is 11.6 Å². The van der Waals surface area contributed by atoms with Crippen LogP contribution >= 0.6 is 0 Å². The molecule has 1 N–H and O–H groups in total. The molecule has 0 radical (unpaired) electrons. The van der Waals surface area contributed by atoms with Crippen LogP contribution in [0.3, 0.4) is 0 Å². The van der Waals surface area contributed by atoms with Crippen LogP contribution in [0.15, 0.2) is 12.2 Å². The third-order valence-electron chi connectivity index (χ3n) is 4.05. The minimum absolute atomic E-state index is 0.0231. The first-order valence-electron chi connectivity index (χ1n) is 5.04. The first-order valence-corrected chi connectivity index (χ1v) is 5.04. The predicted octanol–water partition coefficient (Wildman–Crippen LogP) is 0.421. The number of hydrogen-bond donors (Lipinski definition) is 1. The lowest BCUT2D eigenvalue weighted by atomic mass is 9.74. The molecule has 2 fully saturated rings. The Kier molecular flexibility index (Phi) is 1.40. The van der Waals surface area contributed by atoms with Crippen molar-refractivity contribution in [3.63, 3.8) is 0 Å². The van der Waals surface area contributed by atoms with Crippen molar-refractivity contribution in [1.82, 2.24) is 0 Å². The van der Waals surface area contributed by atoms with E-state index in [0.29, 0.717) is 6.42 Å². The molecular formula is C11H10O4. The standard InChI is InChI=1S/C11H10O4/c12-6-3-7(13)9-8(6)5-1-2-11(9,4-5)10(14)15/h1-2,5,8-9H,3-4H2,(H,14,15). The van der Waals surface area contributed by atoms with E-state index in [2.05, 4.69) is 0 Å². The Morgan fingerprint density at radius 1 is 1.40 bits per heavy atom. The lowest BCUT2D eigenvalue weighted by Crippen LogP contribution is -2.37. The molecule has 3 rings (SSSR count). The average Bonchev–Trinajstić information content (AvgIpc) is 2.78. The highest BCUT2D eigenvalue weighted by Gasteiger charge is 2.66. The van der Waals surface area contributed by atoms with Gasteiger partial charge in [-0.3, -0.25) is 14.4 Å². The maximum atomic E-state index is 11.6. The third kappa shape index (κ3) is 0.809. The van der Waals surface area contributed by atoms with E-state index < -0.39 is 17.3 Å². The molecule has 0 aromatic carbocycles. The highest BCUT2D eigenvalue weighted by atomic mass is 16.4. The van der Waals surface area contributed by atoms with Crippen LogP contribution < -0.4 is 0 Å². The smallest absolute Gasteiger partial charge is 0.314 e. The lowest BCUT2D eigenvalue weighted by Gasteiger charge is -2.26. The maximum absolute atomic E-state index is 11.6. The number of ketones is 2. The lowest BCUT2D eigenvalue weighted by molar-refractivity contribution is -0.150. The number of hydrogen-bond acceptors (Lipinski definition) is 3. The summed E-state index contributed by atoms with van der Waals surface area (Å²) in [5.74, 6) is -2.17. The molecule has 0 amide bonds. The van der Waals surface area contributed by atoms with Gasteiger partial charge in [0.2, 0.25) is 0 Å². The fourth-order valence-corrected chi connectivity index (χ4v) is 3.47. The summed E-state index contributed by atoms with van der Waals surface area (Å²) in [6.45, 7) is 0. The summed E-state index contributed by atoms with van der Waals surface area (Å²) >= 11 is 0. The van der Waals surface area contributed by atoms with Gasteiger partial charge in [0, 0.05) is 11.8 Å². The number of carbonyl (C=O) groups excluding carboxylic acids is 2. The van der Waals surface area contributed by atoms with E-state index in [0.717, 1.165) is 0 Å². The van der Waals surface area contributed by atoms with Crippen LogP contribution in [0, 0.1) is 23.2 Å². The summed E-state index contributed by atoms with van der Waals surface area (Å²) in [5, 5.41) is 9.23. The van der Waals surface area contributed by atoms with Crippen molar-refractivity contribution in [3.8, 4) is 0 Å². The van der Waals surface area contributed by atoms with Crippen molar-refractivity contribution < 1.29 is 19.5 Å². The molecule has 0 aromatic rings. The van der Waals surface area contributed by atoms with Gasteiger partial charge in [0.15, 0.2) is 0 Å². The second-order valence-corrected chi connectivity index (χ2v) is 4.69. The minimum Gasteiger partial charge on any atom is -0.481 e. The van der Waals surface area contributed by atoms with Gasteiger partial charge in [-0.05, 0) is 12.3 Å². The first-order chi connectivity index (χ1) is 7.06. The summed E-state index contributed by atoms with van der Waals surface area (Å²) in [4.78, 5) is 34.5. The van der Waals surface area contributed by atoms with Crippen molar-refractivity contribution in [1.29, 1.82) is 0 Å². The molecule has 0 aliphatic heterocycles. The Morgan fingerprint density at radius 3 is 2.80 bits per heavy atom. The summed E-state index contributed by atoms with van der Waals surface area (Å²) in [7, 11) is 0. The number of carbonyl (C=O) groups is 3. The Hall–Kier alpha value is -1.45. The van der Waals surface area contributed by atoms with Crippen molar-refractivity contribution in [2.45, 2.75) is 12.8 Å². The van der Waals surface area contributed by atoms with Crippen LogP contribution in [-0.2, 0) is 14.4 Å². The fourth-order valence-electron chi connectivity index (χ4n) is 3.47. The van der Waals surface area contributed by atoms with Crippen LogP contribution in [-0.4, -0.2) is 22.6 Å². The number of Topliss-reactive ketones (excluding diaryl/α,β-unsaturated/α-hetero) is 2. The second-order valence-electron chi connectivity index (χ2n) is 4.69. The van der Waals surface area contributed by atoms with E-state index >= 15 is 0 Å². The zero-order chi connectivity index (χ0) is 10.8. The summed E-state index contributed by atoms with van der Waals surface area (Å²) in [6, 6.07) is 0. The van der Waals surface area contributed by atoms with Gasteiger partial charge in [0.05, 0.1) is 11.8 Å². The van der Waals surface area contributed by atoms with Gasteiger partial charge >= 0.3 is 5.97 Å². The Morgan fingerprint density at radius 2 is 2.13 bits per heavy atom. The molecule has 0 heterocycles. The SMILES string of the molecule is O=C1CC(=O)C2C1C1C=CC2(C(=O)O)C1. The summed E-state index contributed by atoms with van der Waals surface area (Å²) in [5.41, 5.74) is -1.07. The molecule has 15 heavy (non-hydrogen) atoms. The van der Waals surface area contributed by atoms with Crippen LogP contribution in [0.4, 0.5) is 0 Å². The monoisotopic (exact) mass is 206 g/mol. The van der Waals surface area contributed by atoms with Gasteiger partial charge in [-0.2, -0.15) is 0 Å². The quantitative estimate of drug-likeness (QED) is 0.498. The molecule has 0 spiro atoms. The van der Waals surface area contributed by atoms with E-state index in [1.54, 1.807) is 12.2 Å². The van der Waals surface area contributed by atoms with Crippen molar-refractivity contribution >= 4 is 17.5 Å². The van der Waals surface area contributed by atoms with Crippen LogP contribution in [0.1, 0.15) is 12.8 Å². The number of aliphatic carboxylic acids is 1. The topological polar surface area (TPSA) is 71.4 Å². The van der Waals surface area contributed by atoms with E-state index in [-0.39, 0.29) is 29.8 Å². The number of rotatable bonds is 1. The van der Waals surface area contributed by atoms with Gasteiger partial charge in [-0.25, -0.2) is 0 Å². The summed E-state index contributed by atoms with van der Waals surface area (Å²) in [6.07, 6.45) is 3.78. The molecule has 2 saturated carbocycles. The summed E-state index contributed by atoms with van der Waals surface area (Å²) < 4.78 is 0. The Labute approximate surface area is 86.0 Å². The third-order valence-corrected chi connectivity index (χ3v) is 4.05. The average molecular weight is 206 g/mol. The highest BCUT2D eigenvalue weighted by molar-refractivity contribution is 6.12. The van der Waals surface area contributed by atoms with Crippen molar-refractivity contribution in [2.24, 2.45) is 23.2 Å². The second kappa shape index (κ2) is 2.38. The fraction of sp³-hybridized carbons (Fsp3) is 0.545. The highest BCUT2D eigenvalue weighted by Crippen LogP contribution is 2.60. The molecule has 4 atom stereocenters. The Balaban J connectivity index is 2.15. The van der Waals surface area contributed by atoms with Crippen LogP contribution in [0.5, 0.6) is 0 Å². The molecule has 0 aromatic heterocycles. The van der Waals surface area contributed by atoms with E-state index in [4.69, 9.17) is 0 Å². The van der Waals surface area contributed by atoms with Gasteiger partial charge in [-0.15, -0.1) is 0 Å². The molecule has 0 saturated heterocycles. The van der Waals surface area contributed by atoms with E-state index in [1.807, 2.05) is 0 Å². The maximum Gasteiger partial charge on any atom is 0.314 e. The van der Waals surface area contributed by atoms with Crippen LogP contribution in [0.2, 0.25) is 0 Å². The largest absolute Gasteiger partial charge is 0.481 e. The zero-order valence-electron chi connectivity index (χ0n) is 7.97. The molecule has 3 aliphatic carbocycles. The molecule has 78 valence electrons. The van der Waals surface area contributed by atoms with E-state index in [1.165, 1.54) is 0 Å². The predicted molar refractivity (Wildman–Crippen MR) is 48.9 cm³/mol. The molecule has 4 unspecified atom stereocenters. The molecule has 3 aliphatic rings. The number of fused-ring (bicyclic) bond motifs is 5. The minimum atomic E-state index is -1.07. The van der Waals surface area contributed by atoms with Gasteiger partial charge in [0.25, 0.3) is 0 Å². The first kappa shape index (κ1) is 8.83. The normalized spacial score (nSPS) is 46.3. The van der Waals surface area contributed by atoms with Crippen molar-refractivity contribution in [3.05, 3.63) is 12.2 Å². The molecule has 4 heteroatoms. The van der Waals surface area contributed by atoms with Gasteiger partial charge < -0.3 is 5.11 Å². The molecular weight excluding hydrogens is 196 g/mol. The molecule has 2 bridgehead atoms. The van der Waals surface area contributed by atoms with Crippen molar-refractivity contribution in [2.75, 3.05) is 0 Å².